The van der Waals surface area contributed by atoms with Crippen molar-refractivity contribution >= 4 is 11.6 Å². The van der Waals surface area contributed by atoms with Crippen molar-refractivity contribution < 1.29 is 9.47 Å². The first-order valence-electron chi connectivity index (χ1n) is 7.03. The van der Waals surface area contributed by atoms with E-state index in [0.717, 1.165) is 56.9 Å². The SMILES string of the molecule is CCCNCc1cccc(Cl)c1OC1CCOCC1. The Kier molecular flexibility index (Phi) is 5.95. The summed E-state index contributed by atoms with van der Waals surface area (Å²) in [7, 11) is 0. The maximum Gasteiger partial charge on any atom is 0.142 e. The van der Waals surface area contributed by atoms with Gasteiger partial charge in [-0.25, -0.2) is 0 Å². The van der Waals surface area contributed by atoms with Gasteiger partial charge < -0.3 is 14.8 Å². The Labute approximate surface area is 120 Å². The van der Waals surface area contributed by atoms with E-state index in [0.29, 0.717) is 5.02 Å². The molecule has 0 bridgehead atoms. The quantitative estimate of drug-likeness (QED) is 0.812. The lowest BCUT2D eigenvalue weighted by molar-refractivity contribution is 0.0252. The monoisotopic (exact) mass is 283 g/mol. The van der Waals surface area contributed by atoms with Crippen molar-refractivity contribution in [2.45, 2.75) is 38.8 Å². The number of ether oxygens (including phenoxy) is 2. The lowest BCUT2D eigenvalue weighted by Gasteiger charge is -2.25. The maximum absolute atomic E-state index is 6.28. The third-order valence-corrected chi connectivity index (χ3v) is 3.54. The molecule has 106 valence electrons. The van der Waals surface area contributed by atoms with Crippen molar-refractivity contribution in [2.75, 3.05) is 19.8 Å². The van der Waals surface area contributed by atoms with E-state index in [1.807, 2.05) is 12.1 Å². The zero-order chi connectivity index (χ0) is 13.5. The van der Waals surface area contributed by atoms with Gasteiger partial charge in [0.1, 0.15) is 11.9 Å². The molecular formula is C15H22ClNO2. The lowest BCUT2D eigenvalue weighted by atomic mass is 10.1. The second-order valence-corrected chi connectivity index (χ2v) is 5.24. The van der Waals surface area contributed by atoms with Crippen molar-refractivity contribution in [1.82, 2.24) is 5.32 Å². The molecule has 0 radical (unpaired) electrons. The third kappa shape index (κ3) is 4.37. The van der Waals surface area contributed by atoms with Crippen LogP contribution in [0.3, 0.4) is 0 Å². The van der Waals surface area contributed by atoms with Crippen LogP contribution in [0.5, 0.6) is 5.75 Å². The largest absolute Gasteiger partial charge is 0.488 e. The molecule has 0 aromatic heterocycles. The second-order valence-electron chi connectivity index (χ2n) is 4.83. The van der Waals surface area contributed by atoms with E-state index in [1.54, 1.807) is 0 Å². The van der Waals surface area contributed by atoms with E-state index < -0.39 is 0 Å². The van der Waals surface area contributed by atoms with Gasteiger partial charge in [-0.1, -0.05) is 30.7 Å². The smallest absolute Gasteiger partial charge is 0.142 e. The molecule has 3 nitrogen and oxygen atoms in total. The fourth-order valence-electron chi connectivity index (χ4n) is 2.18. The van der Waals surface area contributed by atoms with Crippen LogP contribution < -0.4 is 10.1 Å². The van der Waals surface area contributed by atoms with Gasteiger partial charge in [0.05, 0.1) is 18.2 Å². The summed E-state index contributed by atoms with van der Waals surface area (Å²) in [5.41, 5.74) is 1.13. The first-order chi connectivity index (χ1) is 9.31. The Morgan fingerprint density at radius 2 is 2.16 bits per heavy atom. The van der Waals surface area contributed by atoms with Crippen LogP contribution in [0.15, 0.2) is 18.2 Å². The van der Waals surface area contributed by atoms with Crippen LogP contribution in [-0.4, -0.2) is 25.9 Å². The van der Waals surface area contributed by atoms with Crippen LogP contribution in [0, 0.1) is 0 Å². The van der Waals surface area contributed by atoms with E-state index in [-0.39, 0.29) is 6.10 Å². The first-order valence-corrected chi connectivity index (χ1v) is 7.41. The van der Waals surface area contributed by atoms with Gasteiger partial charge in [0.25, 0.3) is 0 Å². The Bertz CT molecular complexity index is 392. The van der Waals surface area contributed by atoms with Crippen molar-refractivity contribution in [3.05, 3.63) is 28.8 Å². The molecule has 0 saturated carbocycles. The van der Waals surface area contributed by atoms with Crippen molar-refractivity contribution in [2.24, 2.45) is 0 Å². The lowest BCUT2D eigenvalue weighted by Crippen LogP contribution is -2.26. The molecule has 0 spiro atoms. The molecule has 1 saturated heterocycles. The number of hydrogen-bond acceptors (Lipinski definition) is 3. The summed E-state index contributed by atoms with van der Waals surface area (Å²) in [5.74, 6) is 0.833. The number of nitrogens with one attached hydrogen (secondary N) is 1. The van der Waals surface area contributed by atoms with Crippen molar-refractivity contribution in [3.63, 3.8) is 0 Å². The molecule has 1 aliphatic rings. The van der Waals surface area contributed by atoms with Crippen LogP contribution in [0.1, 0.15) is 31.7 Å². The second kappa shape index (κ2) is 7.73. The number of para-hydroxylation sites is 1. The molecule has 1 heterocycles. The molecule has 0 unspecified atom stereocenters. The molecule has 4 heteroatoms. The average Bonchev–Trinajstić information content (AvgIpc) is 2.44. The molecule has 19 heavy (non-hydrogen) atoms. The van der Waals surface area contributed by atoms with Crippen LogP contribution in [0.2, 0.25) is 5.02 Å². The van der Waals surface area contributed by atoms with E-state index in [9.17, 15) is 0 Å². The van der Waals surface area contributed by atoms with Gasteiger partial charge in [0.2, 0.25) is 0 Å². The average molecular weight is 284 g/mol. The third-order valence-electron chi connectivity index (χ3n) is 3.24. The number of hydrogen-bond donors (Lipinski definition) is 1. The molecule has 1 aromatic carbocycles. The number of halogens is 1. The van der Waals surface area contributed by atoms with Gasteiger partial charge in [-0.15, -0.1) is 0 Å². The van der Waals surface area contributed by atoms with Gasteiger partial charge in [0, 0.05) is 24.9 Å². The predicted molar refractivity (Wildman–Crippen MR) is 77.9 cm³/mol. The normalized spacial score (nSPS) is 16.5. The Hall–Kier alpha value is -0.770. The summed E-state index contributed by atoms with van der Waals surface area (Å²) in [4.78, 5) is 0. The minimum atomic E-state index is 0.221. The highest BCUT2D eigenvalue weighted by Gasteiger charge is 2.18. The summed E-state index contributed by atoms with van der Waals surface area (Å²) in [6, 6.07) is 5.94. The molecule has 1 fully saturated rings. The summed E-state index contributed by atoms with van der Waals surface area (Å²) >= 11 is 6.28. The van der Waals surface area contributed by atoms with E-state index in [4.69, 9.17) is 21.1 Å². The molecule has 1 N–H and O–H groups in total. The predicted octanol–water partition coefficient (Wildman–Crippen LogP) is 3.40. The molecular weight excluding hydrogens is 262 g/mol. The first kappa shape index (κ1) is 14.6. The Morgan fingerprint density at radius 3 is 2.89 bits per heavy atom. The van der Waals surface area contributed by atoms with Gasteiger partial charge in [0.15, 0.2) is 0 Å². The highest BCUT2D eigenvalue weighted by atomic mass is 35.5. The van der Waals surface area contributed by atoms with Crippen LogP contribution >= 0.6 is 11.6 Å². The summed E-state index contributed by atoms with van der Waals surface area (Å²) in [5, 5.41) is 4.09. The van der Waals surface area contributed by atoms with Gasteiger partial charge in [-0.3, -0.25) is 0 Å². The Morgan fingerprint density at radius 1 is 1.37 bits per heavy atom. The number of rotatable bonds is 6. The van der Waals surface area contributed by atoms with Crippen LogP contribution in [0.4, 0.5) is 0 Å². The highest BCUT2D eigenvalue weighted by Crippen LogP contribution is 2.31. The molecule has 0 amide bonds. The van der Waals surface area contributed by atoms with Crippen molar-refractivity contribution in [3.8, 4) is 5.75 Å². The molecule has 0 atom stereocenters. The molecule has 1 aliphatic heterocycles. The van der Waals surface area contributed by atoms with Gasteiger partial charge in [-0.2, -0.15) is 0 Å². The number of benzene rings is 1. The summed E-state index contributed by atoms with van der Waals surface area (Å²) in [6.45, 7) is 5.51. The van der Waals surface area contributed by atoms with Gasteiger partial charge in [-0.05, 0) is 19.0 Å². The molecule has 0 aliphatic carbocycles. The highest BCUT2D eigenvalue weighted by molar-refractivity contribution is 6.32. The fourth-order valence-corrected chi connectivity index (χ4v) is 2.42. The van der Waals surface area contributed by atoms with Crippen LogP contribution in [-0.2, 0) is 11.3 Å². The van der Waals surface area contributed by atoms with Gasteiger partial charge >= 0.3 is 0 Å². The Balaban J connectivity index is 2.03. The van der Waals surface area contributed by atoms with E-state index >= 15 is 0 Å². The van der Waals surface area contributed by atoms with Crippen LogP contribution in [0.25, 0.3) is 0 Å². The zero-order valence-corrected chi connectivity index (χ0v) is 12.2. The standard InChI is InChI=1S/C15H22ClNO2/c1-2-8-17-11-12-4-3-5-14(16)15(12)19-13-6-9-18-10-7-13/h3-5,13,17H,2,6-11H2,1H3. The fraction of sp³-hybridized carbons (Fsp3) is 0.600. The van der Waals surface area contributed by atoms with E-state index in [2.05, 4.69) is 18.3 Å². The summed E-state index contributed by atoms with van der Waals surface area (Å²) in [6.07, 6.45) is 3.22. The summed E-state index contributed by atoms with van der Waals surface area (Å²) < 4.78 is 11.4. The van der Waals surface area contributed by atoms with E-state index in [1.165, 1.54) is 0 Å². The zero-order valence-electron chi connectivity index (χ0n) is 11.5. The van der Waals surface area contributed by atoms with Crippen molar-refractivity contribution in [1.29, 1.82) is 0 Å². The molecule has 1 aromatic rings. The molecule has 2 rings (SSSR count). The minimum Gasteiger partial charge on any atom is -0.488 e. The maximum atomic E-state index is 6.28. The minimum absolute atomic E-state index is 0.221. The topological polar surface area (TPSA) is 30.5 Å².